The number of nitrogens with zero attached hydrogens (tertiary/aromatic N) is 4. The van der Waals surface area contributed by atoms with Gasteiger partial charge < -0.3 is 24.3 Å². The van der Waals surface area contributed by atoms with E-state index in [1.54, 1.807) is 30.8 Å². The maximum Gasteiger partial charge on any atom is 0.296 e. The Hall–Kier alpha value is -3.09. The number of hydrogen-bond donors (Lipinski definition) is 2. The Labute approximate surface area is 218 Å². The highest BCUT2D eigenvalue weighted by Crippen LogP contribution is 2.33. The molecule has 1 aromatic carbocycles. The Balaban J connectivity index is 1.22. The van der Waals surface area contributed by atoms with Crippen LogP contribution in [0.5, 0.6) is 6.01 Å². The molecule has 192 valence electrons. The molecular weight excluding hydrogens is 518 g/mol. The minimum absolute atomic E-state index is 0.229. The molecule has 4 aromatic rings. The van der Waals surface area contributed by atoms with Crippen LogP contribution in [0.25, 0.3) is 33.5 Å². The van der Waals surface area contributed by atoms with Gasteiger partial charge in [-0.1, -0.05) is 35.9 Å². The Morgan fingerprint density at radius 2 is 1.78 bits per heavy atom. The lowest BCUT2D eigenvalue weighted by molar-refractivity contribution is 0.00706. The number of hydrogen-bond acceptors (Lipinski definition) is 9. The first-order valence-electron chi connectivity index (χ1n) is 11.6. The van der Waals surface area contributed by atoms with Crippen molar-refractivity contribution in [2.45, 2.75) is 24.4 Å². The molecule has 0 saturated carbocycles. The molecule has 12 heteroatoms. The molecule has 4 atom stereocenters. The van der Waals surface area contributed by atoms with Crippen LogP contribution >= 0.6 is 11.6 Å². The summed E-state index contributed by atoms with van der Waals surface area (Å²) in [5.41, 5.74) is 4.40. The molecule has 0 radical (unpaired) electrons. The van der Waals surface area contributed by atoms with Crippen LogP contribution in [-0.4, -0.2) is 79.4 Å². The normalized spacial score (nSPS) is 23.4. The molecule has 0 spiro atoms. The molecule has 5 heterocycles. The number of ether oxygens (including phenoxy) is 3. The summed E-state index contributed by atoms with van der Waals surface area (Å²) in [5.74, 6) is 0.440. The van der Waals surface area contributed by atoms with Crippen molar-refractivity contribution in [3.8, 4) is 28.4 Å². The zero-order chi connectivity index (χ0) is 25.7. The second-order valence-electron chi connectivity index (χ2n) is 9.31. The van der Waals surface area contributed by atoms with Gasteiger partial charge in [0.15, 0.2) is 17.6 Å². The number of aliphatic hydroxyl groups excluding tert-OH is 1. The lowest BCUT2D eigenvalue weighted by Gasteiger charge is -2.15. The average molecular weight is 542 g/mol. The van der Waals surface area contributed by atoms with Crippen LogP contribution in [0.2, 0.25) is 5.02 Å². The number of imidazole rings is 1. The van der Waals surface area contributed by atoms with E-state index in [1.165, 1.54) is 0 Å². The van der Waals surface area contributed by atoms with Crippen LogP contribution in [-0.2, 0) is 19.2 Å². The van der Waals surface area contributed by atoms with E-state index in [2.05, 4.69) is 24.3 Å². The molecule has 0 aliphatic carbocycles. The molecule has 2 saturated heterocycles. The number of aromatic amines is 1. The topological polar surface area (TPSA) is 132 Å². The van der Waals surface area contributed by atoms with Crippen LogP contribution < -0.4 is 4.74 Å². The maximum absolute atomic E-state index is 11.9. The van der Waals surface area contributed by atoms with Crippen LogP contribution in [0.4, 0.5) is 5.82 Å². The fourth-order valence-electron chi connectivity index (χ4n) is 4.50. The Bertz CT molecular complexity index is 1580. The number of fused-ring (bicyclic) bond motifs is 2. The van der Waals surface area contributed by atoms with E-state index in [-0.39, 0.29) is 30.9 Å². The van der Waals surface area contributed by atoms with Gasteiger partial charge in [-0.15, -0.1) is 0 Å². The van der Waals surface area contributed by atoms with Crippen LogP contribution in [0.15, 0.2) is 53.0 Å². The van der Waals surface area contributed by atoms with Crippen molar-refractivity contribution in [3.05, 3.63) is 53.7 Å². The van der Waals surface area contributed by atoms with Crippen LogP contribution in [0, 0.1) is 0 Å². The van der Waals surface area contributed by atoms with Gasteiger partial charge in [-0.25, -0.2) is 14.2 Å². The summed E-state index contributed by atoms with van der Waals surface area (Å²) in [4.78, 5) is 16.5. The summed E-state index contributed by atoms with van der Waals surface area (Å²) >= 11 is 6.57. The van der Waals surface area contributed by atoms with Gasteiger partial charge in [0.1, 0.15) is 18.3 Å². The van der Waals surface area contributed by atoms with Gasteiger partial charge >= 0.3 is 0 Å². The van der Waals surface area contributed by atoms with Crippen LogP contribution in [0.1, 0.15) is 0 Å². The summed E-state index contributed by atoms with van der Waals surface area (Å²) in [5, 5.41) is 10.4. The van der Waals surface area contributed by atoms with Crippen LogP contribution in [0.3, 0.4) is 0 Å². The highest BCUT2D eigenvalue weighted by atomic mass is 35.5. The number of pyridine rings is 2. The van der Waals surface area contributed by atoms with Crippen molar-refractivity contribution in [1.82, 2.24) is 19.9 Å². The molecule has 2 aliphatic heterocycles. The minimum atomic E-state index is -2.26. The van der Waals surface area contributed by atoms with Crippen molar-refractivity contribution in [1.29, 1.82) is 0 Å². The minimum Gasteiger partial charge on any atom is -0.456 e. The molecule has 2 aliphatic rings. The summed E-state index contributed by atoms with van der Waals surface area (Å²) in [6, 6.07) is 13.5. The van der Waals surface area contributed by atoms with Gasteiger partial charge in [-0.2, -0.15) is 9.35 Å². The summed E-state index contributed by atoms with van der Waals surface area (Å²) in [6.07, 6.45) is 3.11. The van der Waals surface area contributed by atoms with Crippen molar-refractivity contribution in [3.63, 3.8) is 0 Å². The van der Waals surface area contributed by atoms with Crippen molar-refractivity contribution < 1.29 is 23.5 Å². The first kappa shape index (κ1) is 24.3. The predicted molar refractivity (Wildman–Crippen MR) is 140 cm³/mol. The Kier molecular flexibility index (Phi) is 6.12. The quantitative estimate of drug-likeness (QED) is 0.391. The third-order valence-electron chi connectivity index (χ3n) is 6.20. The number of aromatic nitrogens is 4. The zero-order valence-corrected chi connectivity index (χ0v) is 21.6. The van der Waals surface area contributed by atoms with E-state index >= 15 is 0 Å². The van der Waals surface area contributed by atoms with Crippen molar-refractivity contribution in [2.75, 3.05) is 25.7 Å². The third kappa shape index (κ3) is 4.92. The van der Waals surface area contributed by atoms with Gasteiger partial charge in [0.25, 0.3) is 6.01 Å². The molecule has 6 rings (SSSR count). The molecule has 0 bridgehead atoms. The lowest BCUT2D eigenvalue weighted by Crippen LogP contribution is -2.34. The van der Waals surface area contributed by atoms with Gasteiger partial charge in [0, 0.05) is 39.6 Å². The van der Waals surface area contributed by atoms with E-state index in [0.717, 1.165) is 16.7 Å². The zero-order valence-electron chi connectivity index (χ0n) is 20.0. The maximum atomic E-state index is 11.9. The molecule has 37 heavy (non-hydrogen) atoms. The summed E-state index contributed by atoms with van der Waals surface area (Å²) in [6.45, 7) is 0.535. The van der Waals surface area contributed by atoms with E-state index in [4.69, 9.17) is 25.8 Å². The van der Waals surface area contributed by atoms with Crippen molar-refractivity contribution in [2.24, 2.45) is 4.36 Å². The SMILES string of the molecule is CS(C)(=O)=Nc1ccc(-c2ccc(-c3nc4nc(O[C@@H]5CO[C@H]6[C@@H]5OC[C@H]6O)[nH]c4cc3Cl)cc2)cn1. The summed E-state index contributed by atoms with van der Waals surface area (Å²) in [7, 11) is -2.26. The Morgan fingerprint density at radius 3 is 2.51 bits per heavy atom. The number of nitrogens with one attached hydrogen (secondary N) is 1. The molecule has 2 fully saturated rings. The Morgan fingerprint density at radius 1 is 1.05 bits per heavy atom. The molecule has 2 N–H and O–H groups in total. The standard InChI is InChI=1S/C25H24ClN5O5S/c1-37(2,33)31-20-8-7-15(10-27-20)13-3-5-14(6-4-13)21-16(26)9-17-24(29-21)30-25(28-17)36-19-12-35-22-18(32)11-34-23(19)22/h3-10,18-19,22-23,32H,11-12H2,1-2H3,(H,28,29,30)/t18-,19-,22-,23-/m1/s1. The fraction of sp³-hybridized carbons (Fsp3) is 0.320. The van der Waals surface area contributed by atoms with E-state index in [0.29, 0.717) is 34.3 Å². The number of halogens is 1. The molecule has 0 unspecified atom stereocenters. The third-order valence-corrected chi connectivity index (χ3v) is 7.12. The number of benzene rings is 1. The number of aliphatic hydroxyl groups is 1. The molecule has 0 amide bonds. The highest BCUT2D eigenvalue weighted by molar-refractivity contribution is 7.92. The second-order valence-corrected chi connectivity index (χ2v) is 12.3. The molecule has 10 nitrogen and oxygen atoms in total. The molecule has 3 aromatic heterocycles. The lowest BCUT2D eigenvalue weighted by atomic mass is 10.0. The van der Waals surface area contributed by atoms with E-state index in [9.17, 15) is 9.32 Å². The average Bonchev–Trinajstić information content (AvgIpc) is 3.55. The monoisotopic (exact) mass is 541 g/mol. The molecular formula is C25H24ClN5O5S. The largest absolute Gasteiger partial charge is 0.456 e. The first-order valence-corrected chi connectivity index (χ1v) is 14.3. The van der Waals surface area contributed by atoms with Gasteiger partial charge in [-0.05, 0) is 23.8 Å². The highest BCUT2D eigenvalue weighted by Gasteiger charge is 2.48. The van der Waals surface area contributed by atoms with Gasteiger partial charge in [0.2, 0.25) is 0 Å². The number of H-pyrrole nitrogens is 1. The van der Waals surface area contributed by atoms with E-state index < -0.39 is 15.8 Å². The second kappa shape index (κ2) is 9.34. The predicted octanol–water partition coefficient (Wildman–Crippen LogP) is 3.61. The fourth-order valence-corrected chi connectivity index (χ4v) is 5.32. The van der Waals surface area contributed by atoms with E-state index in [1.807, 2.05) is 30.3 Å². The van der Waals surface area contributed by atoms with Gasteiger partial charge in [0.05, 0.1) is 29.4 Å². The van der Waals surface area contributed by atoms with Gasteiger partial charge in [-0.3, -0.25) is 0 Å². The summed E-state index contributed by atoms with van der Waals surface area (Å²) < 4.78 is 33.2. The smallest absolute Gasteiger partial charge is 0.296 e. The first-order chi connectivity index (χ1) is 17.7. The van der Waals surface area contributed by atoms with Crippen molar-refractivity contribution >= 4 is 38.3 Å². The number of rotatable bonds is 5.